The first-order valence-corrected chi connectivity index (χ1v) is 6.84. The van der Waals surface area contributed by atoms with Crippen LogP contribution in [0, 0.1) is 0 Å². The number of aromatic nitrogens is 3. The SMILES string of the molecule is CN1CCOc2cc(Nc3nccn4ccnc34)ccc21. The third-order valence-corrected chi connectivity index (χ3v) is 3.63. The molecule has 0 saturated carbocycles. The van der Waals surface area contributed by atoms with Gasteiger partial charge in [-0.15, -0.1) is 0 Å². The lowest BCUT2D eigenvalue weighted by Crippen LogP contribution is -2.28. The largest absolute Gasteiger partial charge is 0.489 e. The molecule has 0 saturated heterocycles. The fraction of sp³-hybridized carbons (Fsp3) is 0.200. The molecular weight excluding hydrogens is 266 g/mol. The summed E-state index contributed by atoms with van der Waals surface area (Å²) in [6.07, 6.45) is 7.28. The van der Waals surface area contributed by atoms with E-state index in [0.29, 0.717) is 6.61 Å². The Morgan fingerprint density at radius 1 is 1.19 bits per heavy atom. The molecule has 0 fully saturated rings. The van der Waals surface area contributed by atoms with Crippen LogP contribution in [-0.2, 0) is 0 Å². The van der Waals surface area contributed by atoms with Crippen molar-refractivity contribution in [2.75, 3.05) is 30.4 Å². The number of nitrogens with one attached hydrogen (secondary N) is 1. The topological polar surface area (TPSA) is 54.7 Å². The molecule has 0 radical (unpaired) electrons. The number of rotatable bonds is 2. The molecule has 1 N–H and O–H groups in total. The average molecular weight is 281 g/mol. The van der Waals surface area contributed by atoms with Gasteiger partial charge in [-0.25, -0.2) is 9.97 Å². The number of likely N-dealkylation sites (N-methyl/N-ethyl adjacent to an activating group) is 1. The third kappa shape index (κ3) is 2.05. The quantitative estimate of drug-likeness (QED) is 0.781. The third-order valence-electron chi connectivity index (χ3n) is 3.63. The van der Waals surface area contributed by atoms with Crippen molar-refractivity contribution in [1.82, 2.24) is 14.4 Å². The van der Waals surface area contributed by atoms with Crippen molar-refractivity contribution in [3.05, 3.63) is 43.0 Å². The Labute approximate surface area is 122 Å². The van der Waals surface area contributed by atoms with Crippen LogP contribution in [0.25, 0.3) is 5.65 Å². The van der Waals surface area contributed by atoms with Gasteiger partial charge in [-0.2, -0.15) is 0 Å². The van der Waals surface area contributed by atoms with Gasteiger partial charge in [0, 0.05) is 43.6 Å². The minimum absolute atomic E-state index is 0.709. The molecule has 3 heterocycles. The summed E-state index contributed by atoms with van der Waals surface area (Å²) >= 11 is 0. The first kappa shape index (κ1) is 12.0. The standard InChI is InChI=1S/C15H15N5O/c1-19-8-9-21-13-10-11(2-3-12(13)19)18-14-15-17-5-7-20(15)6-4-16-14/h2-7,10H,8-9H2,1H3,(H,16,18). The van der Waals surface area contributed by atoms with Gasteiger partial charge in [0.25, 0.3) is 0 Å². The summed E-state index contributed by atoms with van der Waals surface area (Å²) in [6.45, 7) is 1.62. The second-order valence-corrected chi connectivity index (χ2v) is 5.01. The molecule has 4 rings (SSSR count). The molecular formula is C15H15N5O. The van der Waals surface area contributed by atoms with Gasteiger partial charge in [0.1, 0.15) is 12.4 Å². The average Bonchev–Trinajstić information content (AvgIpc) is 2.97. The van der Waals surface area contributed by atoms with Crippen molar-refractivity contribution >= 4 is 22.8 Å². The summed E-state index contributed by atoms with van der Waals surface area (Å²) in [5.74, 6) is 1.62. The molecule has 106 valence electrons. The number of imidazole rings is 1. The van der Waals surface area contributed by atoms with E-state index >= 15 is 0 Å². The number of anilines is 3. The maximum absolute atomic E-state index is 5.72. The van der Waals surface area contributed by atoms with E-state index < -0.39 is 0 Å². The van der Waals surface area contributed by atoms with E-state index in [-0.39, 0.29) is 0 Å². The molecule has 6 heteroatoms. The van der Waals surface area contributed by atoms with Gasteiger partial charge in [-0.3, -0.25) is 0 Å². The van der Waals surface area contributed by atoms with E-state index in [1.54, 1.807) is 12.4 Å². The highest BCUT2D eigenvalue weighted by Gasteiger charge is 2.15. The van der Waals surface area contributed by atoms with Crippen molar-refractivity contribution in [2.45, 2.75) is 0 Å². The number of nitrogens with zero attached hydrogens (tertiary/aromatic N) is 4. The zero-order chi connectivity index (χ0) is 14.2. The van der Waals surface area contributed by atoms with Crippen LogP contribution < -0.4 is 15.0 Å². The summed E-state index contributed by atoms with van der Waals surface area (Å²) in [5, 5.41) is 3.31. The number of ether oxygens (including phenoxy) is 1. The van der Waals surface area contributed by atoms with Crippen LogP contribution in [0.4, 0.5) is 17.2 Å². The Balaban J connectivity index is 1.70. The molecule has 0 unspecified atom stereocenters. The van der Waals surface area contributed by atoms with Gasteiger partial charge >= 0.3 is 0 Å². The molecule has 0 aliphatic carbocycles. The molecule has 0 bridgehead atoms. The molecule has 1 aromatic carbocycles. The van der Waals surface area contributed by atoms with Crippen LogP contribution in [0.5, 0.6) is 5.75 Å². The highest BCUT2D eigenvalue weighted by molar-refractivity contribution is 5.73. The van der Waals surface area contributed by atoms with E-state index in [9.17, 15) is 0 Å². The van der Waals surface area contributed by atoms with E-state index in [1.807, 2.05) is 28.9 Å². The highest BCUT2D eigenvalue weighted by Crippen LogP contribution is 2.34. The summed E-state index contributed by atoms with van der Waals surface area (Å²) in [6, 6.07) is 6.08. The van der Waals surface area contributed by atoms with Crippen molar-refractivity contribution in [3.63, 3.8) is 0 Å². The lowest BCUT2D eigenvalue weighted by molar-refractivity contribution is 0.311. The minimum Gasteiger partial charge on any atom is -0.489 e. The molecule has 3 aromatic rings. The Kier molecular flexibility index (Phi) is 2.67. The van der Waals surface area contributed by atoms with Gasteiger partial charge < -0.3 is 19.4 Å². The maximum atomic E-state index is 5.72. The second-order valence-electron chi connectivity index (χ2n) is 5.01. The van der Waals surface area contributed by atoms with E-state index in [2.05, 4.69) is 33.3 Å². The van der Waals surface area contributed by atoms with E-state index in [0.717, 1.165) is 35.1 Å². The van der Waals surface area contributed by atoms with Gasteiger partial charge in [0.05, 0.1) is 12.2 Å². The van der Waals surface area contributed by atoms with Crippen molar-refractivity contribution in [2.24, 2.45) is 0 Å². The minimum atomic E-state index is 0.709. The highest BCUT2D eigenvalue weighted by atomic mass is 16.5. The first-order valence-electron chi connectivity index (χ1n) is 6.84. The molecule has 6 nitrogen and oxygen atoms in total. The summed E-state index contributed by atoms with van der Waals surface area (Å²) in [4.78, 5) is 10.9. The van der Waals surface area contributed by atoms with Crippen LogP contribution in [0.15, 0.2) is 43.0 Å². The van der Waals surface area contributed by atoms with E-state index in [4.69, 9.17) is 4.74 Å². The predicted octanol–water partition coefficient (Wildman–Crippen LogP) is 2.30. The Morgan fingerprint density at radius 2 is 2.05 bits per heavy atom. The van der Waals surface area contributed by atoms with Crippen LogP contribution >= 0.6 is 0 Å². The monoisotopic (exact) mass is 281 g/mol. The lowest BCUT2D eigenvalue weighted by atomic mass is 10.2. The van der Waals surface area contributed by atoms with Gasteiger partial charge in [-0.05, 0) is 12.1 Å². The second kappa shape index (κ2) is 4.66. The van der Waals surface area contributed by atoms with E-state index in [1.165, 1.54) is 0 Å². The summed E-state index contributed by atoms with van der Waals surface area (Å²) in [5.41, 5.74) is 2.85. The summed E-state index contributed by atoms with van der Waals surface area (Å²) < 4.78 is 7.65. The van der Waals surface area contributed by atoms with Crippen LogP contribution in [0.3, 0.4) is 0 Å². The predicted molar refractivity (Wildman–Crippen MR) is 81.5 cm³/mol. The number of benzene rings is 1. The van der Waals surface area contributed by atoms with Crippen LogP contribution in [-0.4, -0.2) is 34.6 Å². The Morgan fingerprint density at radius 3 is 2.95 bits per heavy atom. The smallest absolute Gasteiger partial charge is 0.180 e. The maximum Gasteiger partial charge on any atom is 0.180 e. The summed E-state index contributed by atoms with van der Waals surface area (Å²) in [7, 11) is 2.07. The number of fused-ring (bicyclic) bond motifs is 2. The Hall–Kier alpha value is -2.76. The molecule has 1 aliphatic rings. The normalized spacial score (nSPS) is 13.9. The molecule has 21 heavy (non-hydrogen) atoms. The molecule has 0 spiro atoms. The number of hydrogen-bond acceptors (Lipinski definition) is 5. The van der Waals surface area contributed by atoms with Crippen LogP contribution in [0.2, 0.25) is 0 Å². The van der Waals surface area contributed by atoms with Gasteiger partial charge in [-0.1, -0.05) is 0 Å². The van der Waals surface area contributed by atoms with Gasteiger partial charge in [0.15, 0.2) is 11.5 Å². The van der Waals surface area contributed by atoms with Crippen molar-refractivity contribution in [3.8, 4) is 5.75 Å². The van der Waals surface area contributed by atoms with Gasteiger partial charge in [0.2, 0.25) is 0 Å². The zero-order valence-corrected chi connectivity index (χ0v) is 11.7. The molecule has 1 aliphatic heterocycles. The number of hydrogen-bond donors (Lipinski definition) is 1. The van der Waals surface area contributed by atoms with Crippen molar-refractivity contribution < 1.29 is 4.74 Å². The molecule has 2 aromatic heterocycles. The Bertz CT molecular complexity index is 798. The zero-order valence-electron chi connectivity index (χ0n) is 11.7. The first-order chi connectivity index (χ1) is 10.3. The molecule has 0 amide bonds. The lowest BCUT2D eigenvalue weighted by Gasteiger charge is -2.28. The van der Waals surface area contributed by atoms with Crippen molar-refractivity contribution in [1.29, 1.82) is 0 Å². The van der Waals surface area contributed by atoms with Crippen LogP contribution in [0.1, 0.15) is 0 Å². The fourth-order valence-electron chi connectivity index (χ4n) is 2.51. The molecule has 0 atom stereocenters. The fourth-order valence-corrected chi connectivity index (χ4v) is 2.51.